The number of nitro benzene ring substituents is 1. The topological polar surface area (TPSA) is 95.5 Å². The standard InChI is InChI=1S/C8H8N2O5/c11-9(12)8-4-2-1-3-7(8)5-6-15-10(13)14/h1-4H,5-6H2. The summed E-state index contributed by atoms with van der Waals surface area (Å²) in [5.41, 5.74) is 0.369. The molecule has 1 aromatic rings. The van der Waals surface area contributed by atoms with E-state index in [0.29, 0.717) is 5.56 Å². The van der Waals surface area contributed by atoms with Crippen LogP contribution in [0.5, 0.6) is 0 Å². The van der Waals surface area contributed by atoms with Crippen molar-refractivity contribution < 1.29 is 14.8 Å². The van der Waals surface area contributed by atoms with E-state index in [1.165, 1.54) is 12.1 Å². The van der Waals surface area contributed by atoms with Crippen molar-refractivity contribution in [3.05, 3.63) is 50.1 Å². The third-order valence-corrected chi connectivity index (χ3v) is 1.76. The van der Waals surface area contributed by atoms with Gasteiger partial charge < -0.3 is 4.84 Å². The molecule has 0 heterocycles. The second kappa shape index (κ2) is 4.89. The SMILES string of the molecule is O=[N+]([O-])OCCc1ccccc1[N+](=O)[O-]. The maximum atomic E-state index is 10.5. The summed E-state index contributed by atoms with van der Waals surface area (Å²) >= 11 is 0. The molecule has 0 saturated carbocycles. The molecule has 0 bridgehead atoms. The van der Waals surface area contributed by atoms with Crippen molar-refractivity contribution in [1.29, 1.82) is 0 Å². The van der Waals surface area contributed by atoms with Crippen LogP contribution in [0.15, 0.2) is 24.3 Å². The number of hydrogen-bond acceptors (Lipinski definition) is 5. The van der Waals surface area contributed by atoms with Crippen LogP contribution < -0.4 is 0 Å². The van der Waals surface area contributed by atoms with Crippen LogP contribution >= 0.6 is 0 Å². The zero-order valence-electron chi connectivity index (χ0n) is 7.66. The highest BCUT2D eigenvalue weighted by molar-refractivity contribution is 5.39. The van der Waals surface area contributed by atoms with Crippen molar-refractivity contribution in [2.24, 2.45) is 0 Å². The molecule has 0 N–H and O–H groups in total. The Morgan fingerprint density at radius 3 is 2.47 bits per heavy atom. The molecular weight excluding hydrogens is 204 g/mol. The van der Waals surface area contributed by atoms with Gasteiger partial charge in [-0.25, -0.2) is 0 Å². The minimum atomic E-state index is -0.922. The lowest BCUT2D eigenvalue weighted by Crippen LogP contribution is -2.06. The van der Waals surface area contributed by atoms with Crippen LogP contribution in [-0.2, 0) is 11.3 Å². The second-order valence-corrected chi connectivity index (χ2v) is 2.69. The molecule has 80 valence electrons. The van der Waals surface area contributed by atoms with E-state index in [0.717, 1.165) is 0 Å². The Morgan fingerprint density at radius 1 is 1.20 bits per heavy atom. The van der Waals surface area contributed by atoms with Gasteiger partial charge in [-0.1, -0.05) is 18.2 Å². The van der Waals surface area contributed by atoms with Crippen LogP contribution in [0.3, 0.4) is 0 Å². The molecule has 0 aliphatic heterocycles. The predicted molar refractivity (Wildman–Crippen MR) is 49.7 cm³/mol. The number of rotatable bonds is 5. The van der Waals surface area contributed by atoms with Crippen molar-refractivity contribution in [2.75, 3.05) is 6.61 Å². The number of nitro groups is 1. The van der Waals surface area contributed by atoms with Crippen molar-refractivity contribution in [2.45, 2.75) is 6.42 Å². The molecule has 0 unspecified atom stereocenters. The summed E-state index contributed by atoms with van der Waals surface area (Å²) in [7, 11) is 0. The van der Waals surface area contributed by atoms with Gasteiger partial charge in [0.15, 0.2) is 0 Å². The fourth-order valence-corrected chi connectivity index (χ4v) is 1.13. The average Bonchev–Trinajstić information content (AvgIpc) is 2.17. The smallest absolute Gasteiger partial charge is 0.294 e. The highest BCUT2D eigenvalue weighted by Crippen LogP contribution is 2.17. The van der Waals surface area contributed by atoms with E-state index in [4.69, 9.17) is 0 Å². The van der Waals surface area contributed by atoms with Crippen LogP contribution in [0.1, 0.15) is 5.56 Å². The molecule has 7 nitrogen and oxygen atoms in total. The Hall–Kier alpha value is -2.18. The lowest BCUT2D eigenvalue weighted by molar-refractivity contribution is -0.757. The molecule has 0 atom stereocenters. The first kappa shape index (κ1) is 10.9. The largest absolute Gasteiger partial charge is 0.314 e. The maximum absolute atomic E-state index is 10.5. The zero-order chi connectivity index (χ0) is 11.3. The number of nitrogens with zero attached hydrogens (tertiary/aromatic N) is 2. The molecule has 0 fully saturated rings. The molecule has 0 spiro atoms. The lowest BCUT2D eigenvalue weighted by Gasteiger charge is -2.01. The maximum Gasteiger partial charge on any atom is 0.294 e. The molecule has 0 aliphatic carbocycles. The molecule has 0 aromatic heterocycles. The molecule has 0 aliphatic rings. The quantitative estimate of drug-likeness (QED) is 0.542. The minimum absolute atomic E-state index is 0.0514. The van der Waals surface area contributed by atoms with E-state index < -0.39 is 10.0 Å². The Morgan fingerprint density at radius 2 is 1.87 bits per heavy atom. The van der Waals surface area contributed by atoms with Crippen LogP contribution in [0.4, 0.5) is 5.69 Å². The molecule has 7 heteroatoms. The molecule has 15 heavy (non-hydrogen) atoms. The Bertz CT molecular complexity index is 379. The van der Waals surface area contributed by atoms with E-state index in [2.05, 4.69) is 4.84 Å². The summed E-state index contributed by atoms with van der Waals surface area (Å²) in [6.45, 7) is -0.183. The van der Waals surface area contributed by atoms with Crippen LogP contribution in [0.2, 0.25) is 0 Å². The molecule has 0 radical (unpaired) electrons. The van der Waals surface area contributed by atoms with Crippen LogP contribution in [0.25, 0.3) is 0 Å². The Labute approximate surface area is 84.5 Å². The van der Waals surface area contributed by atoms with Crippen molar-refractivity contribution >= 4 is 5.69 Å². The summed E-state index contributed by atoms with van der Waals surface area (Å²) in [6.07, 6.45) is 0.137. The number of para-hydroxylation sites is 1. The first-order valence-corrected chi connectivity index (χ1v) is 4.11. The minimum Gasteiger partial charge on any atom is -0.314 e. The van der Waals surface area contributed by atoms with Crippen molar-refractivity contribution in [3.63, 3.8) is 0 Å². The molecular formula is C8H8N2O5. The van der Waals surface area contributed by atoms with Crippen LogP contribution in [-0.4, -0.2) is 16.6 Å². The van der Waals surface area contributed by atoms with Gasteiger partial charge in [-0.2, -0.15) is 0 Å². The van der Waals surface area contributed by atoms with Gasteiger partial charge in [0, 0.05) is 18.1 Å². The van der Waals surface area contributed by atoms with E-state index >= 15 is 0 Å². The monoisotopic (exact) mass is 212 g/mol. The fourth-order valence-electron chi connectivity index (χ4n) is 1.13. The zero-order valence-corrected chi connectivity index (χ0v) is 7.66. The third-order valence-electron chi connectivity index (χ3n) is 1.76. The fraction of sp³-hybridized carbons (Fsp3) is 0.250. The van der Waals surface area contributed by atoms with Gasteiger partial charge in [0.05, 0.1) is 4.92 Å². The van der Waals surface area contributed by atoms with Gasteiger partial charge in [-0.05, 0) is 0 Å². The summed E-state index contributed by atoms with van der Waals surface area (Å²) in [5, 5.41) is 19.5. The Kier molecular flexibility index (Phi) is 3.55. The third kappa shape index (κ3) is 3.22. The first-order valence-electron chi connectivity index (χ1n) is 4.11. The average molecular weight is 212 g/mol. The highest BCUT2D eigenvalue weighted by Gasteiger charge is 2.11. The van der Waals surface area contributed by atoms with Gasteiger partial charge in [-0.15, -0.1) is 10.1 Å². The lowest BCUT2D eigenvalue weighted by atomic mass is 10.1. The Balaban J connectivity index is 2.67. The van der Waals surface area contributed by atoms with E-state index in [9.17, 15) is 20.2 Å². The summed E-state index contributed by atoms with van der Waals surface area (Å²) < 4.78 is 0. The molecule has 1 aromatic carbocycles. The summed E-state index contributed by atoms with van der Waals surface area (Å²) in [5.74, 6) is 0. The molecule has 0 amide bonds. The van der Waals surface area contributed by atoms with Gasteiger partial charge in [-0.3, -0.25) is 10.1 Å². The summed E-state index contributed by atoms with van der Waals surface area (Å²) in [4.78, 5) is 24.0. The highest BCUT2D eigenvalue weighted by atomic mass is 16.9. The van der Waals surface area contributed by atoms with Gasteiger partial charge >= 0.3 is 0 Å². The van der Waals surface area contributed by atoms with E-state index in [-0.39, 0.29) is 18.7 Å². The van der Waals surface area contributed by atoms with Gasteiger partial charge in [0.25, 0.3) is 10.8 Å². The van der Waals surface area contributed by atoms with Crippen molar-refractivity contribution in [3.8, 4) is 0 Å². The summed E-state index contributed by atoms with van der Waals surface area (Å²) in [6, 6.07) is 6.06. The van der Waals surface area contributed by atoms with Gasteiger partial charge in [0.2, 0.25) is 0 Å². The normalized spacial score (nSPS) is 9.60. The second-order valence-electron chi connectivity index (χ2n) is 2.69. The van der Waals surface area contributed by atoms with Crippen LogP contribution in [0, 0.1) is 20.2 Å². The molecule has 0 saturated heterocycles. The van der Waals surface area contributed by atoms with Crippen molar-refractivity contribution in [1.82, 2.24) is 0 Å². The number of hydrogen-bond donors (Lipinski definition) is 0. The predicted octanol–water partition coefficient (Wildman–Crippen LogP) is 1.35. The van der Waals surface area contributed by atoms with E-state index in [1.807, 2.05) is 0 Å². The number of benzene rings is 1. The van der Waals surface area contributed by atoms with Gasteiger partial charge in [0.1, 0.15) is 6.61 Å². The first-order chi connectivity index (χ1) is 7.11. The molecule has 1 rings (SSSR count). The van der Waals surface area contributed by atoms with E-state index in [1.54, 1.807) is 12.1 Å².